The van der Waals surface area contributed by atoms with E-state index in [0.717, 1.165) is 7.48 Å². The molecule has 0 unspecified atom stereocenters. The van der Waals surface area contributed by atoms with Crippen LogP contribution in [0.5, 0.6) is 0 Å². The van der Waals surface area contributed by atoms with Gasteiger partial charge in [0.25, 0.3) is 0 Å². The summed E-state index contributed by atoms with van der Waals surface area (Å²) in [5.41, 5.74) is 0.495. The molecule has 1 aromatic carbocycles. The number of hydrogen-bond donors (Lipinski definition) is 1. The van der Waals surface area contributed by atoms with E-state index in [9.17, 15) is 8.42 Å². The summed E-state index contributed by atoms with van der Waals surface area (Å²) in [7, 11) is -2.28. The molecule has 0 spiro atoms. The molecule has 1 N–H and O–H groups in total. The van der Waals surface area contributed by atoms with Crippen molar-refractivity contribution in [3.8, 4) is 0 Å². The minimum absolute atomic E-state index is 0.0713. The monoisotopic (exact) mass is 197 g/mol. The Hall–Kier alpha value is -0.805. The first-order valence-electron chi connectivity index (χ1n) is 3.90. The zero-order chi connectivity index (χ0) is 9.90. The largest absolute Gasteiger partial charge is 0.450 e. The molecule has 3 nitrogen and oxygen atoms in total. The van der Waals surface area contributed by atoms with Crippen LogP contribution in [-0.2, 0) is 9.84 Å². The summed E-state index contributed by atoms with van der Waals surface area (Å²) < 4.78 is 22.7. The van der Waals surface area contributed by atoms with Crippen LogP contribution < -0.4 is 5.46 Å². The van der Waals surface area contributed by atoms with Gasteiger partial charge in [-0.05, 0) is 12.1 Å². The van der Waals surface area contributed by atoms with Gasteiger partial charge >= 0.3 is 7.48 Å². The van der Waals surface area contributed by atoms with Gasteiger partial charge in [0.1, 0.15) is 0 Å². The third kappa shape index (κ3) is 2.32. The quantitative estimate of drug-likeness (QED) is 0.678. The van der Waals surface area contributed by atoms with Gasteiger partial charge in [-0.2, -0.15) is 0 Å². The summed E-state index contributed by atoms with van der Waals surface area (Å²) in [6.07, 6.45) is 0. The average Bonchev–Trinajstić information content (AvgIpc) is 2.18. The molecule has 0 heterocycles. The Morgan fingerprint density at radius 1 is 1.46 bits per heavy atom. The molecule has 0 aromatic heterocycles. The molecular weight excluding hydrogens is 187 g/mol. The summed E-state index contributed by atoms with van der Waals surface area (Å²) in [5.74, 6) is 0.0713. The maximum atomic E-state index is 11.4. The second-order valence-corrected chi connectivity index (χ2v) is 4.88. The van der Waals surface area contributed by atoms with Crippen LogP contribution in [0.25, 0.3) is 0 Å². The Kier molecular flexibility index (Phi) is 3.11. The molecule has 0 atom stereocenters. The predicted molar refractivity (Wildman–Crippen MR) is 51.8 cm³/mol. The van der Waals surface area contributed by atoms with Crippen LogP contribution in [0.1, 0.15) is 6.92 Å². The SMILES string of the molecule is CCS(=O)(=O)c1cccc([B]O)c1. The maximum Gasteiger partial charge on any atom is 0.326 e. The highest BCUT2D eigenvalue weighted by Gasteiger charge is 2.11. The smallest absolute Gasteiger partial charge is 0.326 e. The second kappa shape index (κ2) is 3.94. The molecule has 0 bridgehead atoms. The van der Waals surface area contributed by atoms with Crippen molar-refractivity contribution in [3.63, 3.8) is 0 Å². The van der Waals surface area contributed by atoms with Crippen LogP contribution in [0, 0.1) is 0 Å². The van der Waals surface area contributed by atoms with Gasteiger partial charge in [0.05, 0.1) is 10.6 Å². The molecule has 69 valence electrons. The zero-order valence-corrected chi connectivity index (χ0v) is 8.08. The lowest BCUT2D eigenvalue weighted by molar-refractivity contribution is 0.597. The third-order valence-electron chi connectivity index (χ3n) is 1.75. The fraction of sp³-hybridized carbons (Fsp3) is 0.250. The van der Waals surface area contributed by atoms with Crippen molar-refractivity contribution in [3.05, 3.63) is 24.3 Å². The molecule has 0 saturated heterocycles. The van der Waals surface area contributed by atoms with Crippen molar-refractivity contribution in [1.82, 2.24) is 0 Å². The number of benzene rings is 1. The van der Waals surface area contributed by atoms with E-state index < -0.39 is 9.84 Å². The van der Waals surface area contributed by atoms with Crippen LogP contribution in [-0.4, -0.2) is 26.7 Å². The average molecular weight is 197 g/mol. The summed E-state index contributed by atoms with van der Waals surface area (Å²) in [6.45, 7) is 1.59. The summed E-state index contributed by atoms with van der Waals surface area (Å²) in [6, 6.07) is 6.20. The Labute approximate surface area is 78.6 Å². The number of sulfone groups is 1. The molecule has 1 radical (unpaired) electrons. The molecule has 0 aliphatic rings. The lowest BCUT2D eigenvalue weighted by Crippen LogP contribution is -2.15. The highest BCUT2D eigenvalue weighted by atomic mass is 32.2. The lowest BCUT2D eigenvalue weighted by Gasteiger charge is -2.01. The van der Waals surface area contributed by atoms with Crippen LogP contribution in [0.4, 0.5) is 0 Å². The predicted octanol–water partition coefficient (Wildman–Crippen LogP) is -0.283. The first-order chi connectivity index (χ1) is 6.10. The normalized spacial score (nSPS) is 11.2. The van der Waals surface area contributed by atoms with E-state index in [0.29, 0.717) is 5.46 Å². The molecule has 0 saturated carbocycles. The Bertz CT molecular complexity index is 386. The van der Waals surface area contributed by atoms with Gasteiger partial charge in [-0.15, -0.1) is 0 Å². The van der Waals surface area contributed by atoms with Crippen molar-refractivity contribution in [2.75, 3.05) is 5.75 Å². The van der Waals surface area contributed by atoms with Crippen LogP contribution in [0.2, 0.25) is 0 Å². The summed E-state index contributed by atoms with van der Waals surface area (Å²) in [5, 5.41) is 8.68. The van der Waals surface area contributed by atoms with Gasteiger partial charge < -0.3 is 5.02 Å². The number of hydrogen-bond acceptors (Lipinski definition) is 3. The Morgan fingerprint density at radius 3 is 2.69 bits per heavy atom. The minimum Gasteiger partial charge on any atom is -0.450 e. The fourth-order valence-corrected chi connectivity index (χ4v) is 1.89. The van der Waals surface area contributed by atoms with Crippen LogP contribution >= 0.6 is 0 Å². The van der Waals surface area contributed by atoms with E-state index in [4.69, 9.17) is 5.02 Å². The van der Waals surface area contributed by atoms with E-state index in [-0.39, 0.29) is 10.6 Å². The van der Waals surface area contributed by atoms with E-state index in [2.05, 4.69) is 0 Å². The van der Waals surface area contributed by atoms with Crippen molar-refractivity contribution >= 4 is 22.8 Å². The first kappa shape index (κ1) is 10.3. The molecule has 13 heavy (non-hydrogen) atoms. The Morgan fingerprint density at radius 2 is 2.15 bits per heavy atom. The topological polar surface area (TPSA) is 54.4 Å². The number of rotatable bonds is 3. The zero-order valence-electron chi connectivity index (χ0n) is 7.27. The molecular formula is C8H10BO3S. The highest BCUT2D eigenvalue weighted by molar-refractivity contribution is 7.91. The maximum absolute atomic E-state index is 11.4. The first-order valence-corrected chi connectivity index (χ1v) is 5.55. The van der Waals surface area contributed by atoms with Crippen molar-refractivity contribution < 1.29 is 13.4 Å². The lowest BCUT2D eigenvalue weighted by atomic mass is 9.89. The molecule has 0 aliphatic carbocycles. The van der Waals surface area contributed by atoms with Crippen molar-refractivity contribution in [2.24, 2.45) is 0 Å². The van der Waals surface area contributed by atoms with E-state index >= 15 is 0 Å². The standard InChI is InChI=1S/C8H10BO3S/c1-2-13(11,12)8-5-3-4-7(6-8)9-10/h3-6,10H,2H2,1H3. The van der Waals surface area contributed by atoms with Crippen molar-refractivity contribution in [1.29, 1.82) is 0 Å². The van der Waals surface area contributed by atoms with Crippen molar-refractivity contribution in [2.45, 2.75) is 11.8 Å². The van der Waals surface area contributed by atoms with Gasteiger partial charge in [0, 0.05) is 0 Å². The van der Waals surface area contributed by atoms with E-state index in [1.807, 2.05) is 0 Å². The molecule has 1 rings (SSSR count). The van der Waals surface area contributed by atoms with Gasteiger partial charge in [0.15, 0.2) is 9.84 Å². The third-order valence-corrected chi connectivity index (χ3v) is 3.48. The molecule has 0 aliphatic heterocycles. The second-order valence-electron chi connectivity index (χ2n) is 2.61. The fourth-order valence-electron chi connectivity index (χ4n) is 0.955. The van der Waals surface area contributed by atoms with Crippen LogP contribution in [0.15, 0.2) is 29.2 Å². The Balaban J connectivity index is 3.17. The van der Waals surface area contributed by atoms with E-state index in [1.54, 1.807) is 19.1 Å². The minimum atomic E-state index is -3.16. The molecule has 0 fully saturated rings. The summed E-state index contributed by atoms with van der Waals surface area (Å²) >= 11 is 0. The molecule has 5 heteroatoms. The molecule has 1 aromatic rings. The van der Waals surface area contributed by atoms with Gasteiger partial charge in [-0.25, -0.2) is 8.42 Å². The molecule has 0 amide bonds. The van der Waals surface area contributed by atoms with Gasteiger partial charge in [-0.1, -0.05) is 24.5 Å². The van der Waals surface area contributed by atoms with Gasteiger partial charge in [0.2, 0.25) is 0 Å². The van der Waals surface area contributed by atoms with Crippen LogP contribution in [0.3, 0.4) is 0 Å². The van der Waals surface area contributed by atoms with E-state index in [1.165, 1.54) is 12.1 Å². The summed E-state index contributed by atoms with van der Waals surface area (Å²) in [4.78, 5) is 0.248. The highest BCUT2D eigenvalue weighted by Crippen LogP contribution is 2.07. The van der Waals surface area contributed by atoms with Gasteiger partial charge in [-0.3, -0.25) is 0 Å².